The monoisotopic (exact) mass is 472 g/mol. The molecule has 0 spiro atoms. The largest absolute Gasteiger partial charge is 0.491 e. The first kappa shape index (κ1) is 25.5. The van der Waals surface area contributed by atoms with E-state index in [-0.39, 0.29) is 24.0 Å². The van der Waals surface area contributed by atoms with Gasteiger partial charge in [-0.05, 0) is 56.3 Å². The first-order valence-electron chi connectivity index (χ1n) is 11.3. The highest BCUT2D eigenvalue weighted by atomic mass is 19.1. The van der Waals surface area contributed by atoms with Gasteiger partial charge in [0, 0.05) is 44.7 Å². The normalized spacial score (nSPS) is 22.1. The minimum atomic E-state index is -0.552. The minimum Gasteiger partial charge on any atom is -0.491 e. The van der Waals surface area contributed by atoms with Crippen molar-refractivity contribution < 1.29 is 23.5 Å². The SMILES string of the molecule is CO[C@H]1CN(C)C(=O)c2cc(NC(=O)Nc3cccc(F)c3)ccc2OC[C@H](C)N(C)C[C@@H]1C. The van der Waals surface area contributed by atoms with Crippen molar-refractivity contribution in [3.63, 3.8) is 0 Å². The van der Waals surface area contributed by atoms with Crippen LogP contribution in [0.5, 0.6) is 5.75 Å². The third kappa shape index (κ3) is 6.45. The highest BCUT2D eigenvalue weighted by molar-refractivity contribution is 6.02. The third-order valence-electron chi connectivity index (χ3n) is 6.10. The Hall–Kier alpha value is -3.17. The highest BCUT2D eigenvalue weighted by Gasteiger charge is 2.27. The molecule has 3 rings (SSSR count). The lowest BCUT2D eigenvalue weighted by Gasteiger charge is -2.34. The Morgan fingerprint density at radius 3 is 2.47 bits per heavy atom. The zero-order valence-corrected chi connectivity index (χ0v) is 20.3. The number of ether oxygens (including phenoxy) is 2. The van der Waals surface area contributed by atoms with Gasteiger partial charge in [-0.25, -0.2) is 9.18 Å². The lowest BCUT2D eigenvalue weighted by atomic mass is 10.0. The molecule has 184 valence electrons. The molecule has 2 aromatic carbocycles. The molecule has 0 fully saturated rings. The summed E-state index contributed by atoms with van der Waals surface area (Å²) in [5, 5.41) is 5.27. The number of hydrogen-bond acceptors (Lipinski definition) is 5. The fraction of sp³-hybridized carbons (Fsp3) is 0.440. The van der Waals surface area contributed by atoms with Crippen LogP contribution >= 0.6 is 0 Å². The summed E-state index contributed by atoms with van der Waals surface area (Å²) in [5.74, 6) is -0.0474. The summed E-state index contributed by atoms with van der Waals surface area (Å²) in [7, 11) is 5.42. The summed E-state index contributed by atoms with van der Waals surface area (Å²) < 4.78 is 25.1. The van der Waals surface area contributed by atoms with Crippen LogP contribution in [0.4, 0.5) is 20.6 Å². The number of amides is 3. The molecule has 0 saturated heterocycles. The summed E-state index contributed by atoms with van der Waals surface area (Å²) in [4.78, 5) is 29.6. The molecule has 2 aromatic rings. The minimum absolute atomic E-state index is 0.120. The Kier molecular flexibility index (Phi) is 8.46. The molecule has 1 aliphatic heterocycles. The Labute approximate surface area is 200 Å². The van der Waals surface area contributed by atoms with Crippen molar-refractivity contribution in [3.05, 3.63) is 53.8 Å². The van der Waals surface area contributed by atoms with Gasteiger partial charge in [0.2, 0.25) is 0 Å². The standard InChI is InChI=1S/C25H33FN4O4/c1-16-13-29(3)17(2)15-34-22-10-9-20(12-21(22)24(31)30(4)14-23(16)33-5)28-25(32)27-19-8-6-7-18(26)11-19/h6-12,16-17,23H,13-15H2,1-5H3,(H2,27,28,32)/t16-,17-,23-/m0/s1. The Balaban J connectivity index is 1.85. The summed E-state index contributed by atoms with van der Waals surface area (Å²) in [6.45, 7) is 5.80. The van der Waals surface area contributed by atoms with Crippen LogP contribution in [0.2, 0.25) is 0 Å². The molecule has 1 aliphatic rings. The van der Waals surface area contributed by atoms with Crippen molar-refractivity contribution in [2.45, 2.75) is 26.0 Å². The van der Waals surface area contributed by atoms with Gasteiger partial charge in [-0.1, -0.05) is 13.0 Å². The molecule has 8 nitrogen and oxygen atoms in total. The van der Waals surface area contributed by atoms with Crippen molar-refractivity contribution in [3.8, 4) is 5.75 Å². The van der Waals surface area contributed by atoms with E-state index in [1.807, 2.05) is 7.05 Å². The number of nitrogens with one attached hydrogen (secondary N) is 2. The lowest BCUT2D eigenvalue weighted by molar-refractivity contribution is 0.0150. The fourth-order valence-electron chi connectivity index (χ4n) is 3.90. The molecule has 9 heteroatoms. The molecule has 34 heavy (non-hydrogen) atoms. The van der Waals surface area contributed by atoms with Gasteiger partial charge in [-0.2, -0.15) is 0 Å². The molecule has 2 N–H and O–H groups in total. The van der Waals surface area contributed by atoms with Gasteiger partial charge in [-0.3, -0.25) is 9.69 Å². The maximum Gasteiger partial charge on any atom is 0.323 e. The molecule has 1 heterocycles. The number of hydrogen-bond donors (Lipinski definition) is 2. The average molecular weight is 473 g/mol. The number of nitrogens with zero attached hydrogens (tertiary/aromatic N) is 2. The maximum absolute atomic E-state index is 13.4. The van der Waals surface area contributed by atoms with Crippen LogP contribution in [0.25, 0.3) is 0 Å². The average Bonchev–Trinajstić information content (AvgIpc) is 2.79. The fourth-order valence-corrected chi connectivity index (χ4v) is 3.90. The third-order valence-corrected chi connectivity index (χ3v) is 6.10. The van der Waals surface area contributed by atoms with E-state index in [0.29, 0.717) is 35.8 Å². The predicted octanol–water partition coefficient (Wildman–Crippen LogP) is 3.91. The molecule has 0 unspecified atom stereocenters. The van der Waals surface area contributed by atoms with E-state index in [2.05, 4.69) is 29.4 Å². The molecule has 0 aromatic heterocycles. The summed E-state index contributed by atoms with van der Waals surface area (Å²) in [5.41, 5.74) is 1.07. The number of halogens is 1. The predicted molar refractivity (Wildman–Crippen MR) is 130 cm³/mol. The van der Waals surface area contributed by atoms with Crippen LogP contribution in [0.3, 0.4) is 0 Å². The highest BCUT2D eigenvalue weighted by Crippen LogP contribution is 2.26. The van der Waals surface area contributed by atoms with Gasteiger partial charge in [-0.15, -0.1) is 0 Å². The number of rotatable bonds is 3. The number of likely N-dealkylation sites (N-methyl/N-ethyl adjacent to an activating group) is 2. The Bertz CT molecular complexity index is 1020. The van der Waals surface area contributed by atoms with E-state index in [9.17, 15) is 14.0 Å². The van der Waals surface area contributed by atoms with Crippen molar-refractivity contribution in [1.29, 1.82) is 0 Å². The van der Waals surface area contributed by atoms with Crippen LogP contribution in [-0.4, -0.2) is 74.8 Å². The van der Waals surface area contributed by atoms with Crippen LogP contribution in [0.15, 0.2) is 42.5 Å². The van der Waals surface area contributed by atoms with E-state index >= 15 is 0 Å². The maximum atomic E-state index is 13.4. The number of anilines is 2. The number of carbonyl (C=O) groups excluding carboxylic acids is 2. The summed E-state index contributed by atoms with van der Waals surface area (Å²) in [6.07, 6.45) is -0.134. The van der Waals surface area contributed by atoms with E-state index in [1.54, 1.807) is 43.3 Å². The van der Waals surface area contributed by atoms with Gasteiger partial charge in [0.05, 0.1) is 11.7 Å². The summed E-state index contributed by atoms with van der Waals surface area (Å²) in [6, 6.07) is 10.1. The number of urea groups is 1. The van der Waals surface area contributed by atoms with Crippen molar-refractivity contribution >= 4 is 23.3 Å². The molecule has 3 atom stereocenters. The molecule has 0 aliphatic carbocycles. The number of methoxy groups -OCH3 is 1. The zero-order valence-electron chi connectivity index (χ0n) is 20.3. The molecule has 3 amide bonds. The van der Waals surface area contributed by atoms with E-state index in [0.717, 1.165) is 6.54 Å². The number of carbonyl (C=O) groups is 2. The molecular weight excluding hydrogens is 439 g/mol. The van der Waals surface area contributed by atoms with Crippen LogP contribution in [0, 0.1) is 11.7 Å². The van der Waals surface area contributed by atoms with Crippen molar-refractivity contribution in [2.75, 3.05) is 51.5 Å². The smallest absolute Gasteiger partial charge is 0.323 e. The Morgan fingerprint density at radius 1 is 1.09 bits per heavy atom. The van der Waals surface area contributed by atoms with Crippen molar-refractivity contribution in [1.82, 2.24) is 9.80 Å². The molecule has 0 radical (unpaired) electrons. The molecule has 0 saturated carbocycles. The quantitative estimate of drug-likeness (QED) is 0.708. The second-order valence-corrected chi connectivity index (χ2v) is 8.84. The van der Waals surface area contributed by atoms with Crippen molar-refractivity contribution in [2.24, 2.45) is 5.92 Å². The molecule has 0 bridgehead atoms. The second kappa shape index (κ2) is 11.3. The van der Waals surface area contributed by atoms with Gasteiger partial charge in [0.1, 0.15) is 18.2 Å². The second-order valence-electron chi connectivity index (χ2n) is 8.84. The molecular formula is C25H33FN4O4. The number of fused-ring (bicyclic) bond motifs is 1. The first-order valence-corrected chi connectivity index (χ1v) is 11.3. The zero-order chi connectivity index (χ0) is 24.8. The van der Waals surface area contributed by atoms with Crippen LogP contribution in [-0.2, 0) is 4.74 Å². The number of benzene rings is 2. The Morgan fingerprint density at radius 2 is 1.79 bits per heavy atom. The van der Waals surface area contributed by atoms with Gasteiger partial charge >= 0.3 is 6.03 Å². The van der Waals surface area contributed by atoms with Gasteiger partial charge in [0.15, 0.2) is 0 Å². The van der Waals surface area contributed by atoms with Crippen LogP contribution in [0.1, 0.15) is 24.2 Å². The topological polar surface area (TPSA) is 83.1 Å². The first-order chi connectivity index (χ1) is 16.2. The van der Waals surface area contributed by atoms with E-state index in [4.69, 9.17) is 9.47 Å². The van der Waals surface area contributed by atoms with Gasteiger partial charge < -0.3 is 25.0 Å². The van der Waals surface area contributed by atoms with E-state index in [1.165, 1.54) is 18.2 Å². The summed E-state index contributed by atoms with van der Waals surface area (Å²) >= 11 is 0. The van der Waals surface area contributed by atoms with E-state index < -0.39 is 11.8 Å². The van der Waals surface area contributed by atoms with Gasteiger partial charge in [0.25, 0.3) is 5.91 Å². The lowest BCUT2D eigenvalue weighted by Crippen LogP contribution is -2.45. The van der Waals surface area contributed by atoms with Crippen LogP contribution < -0.4 is 15.4 Å².